The molecule has 0 heterocycles. The number of hydrogen-bond acceptors (Lipinski definition) is 10. The van der Waals surface area contributed by atoms with Crippen LogP contribution in [0.15, 0.2) is 72.9 Å². The van der Waals surface area contributed by atoms with Gasteiger partial charge in [-0.25, -0.2) is 4.57 Å². The van der Waals surface area contributed by atoms with Crippen LogP contribution in [0.5, 0.6) is 0 Å². The van der Waals surface area contributed by atoms with Crippen molar-refractivity contribution in [1.82, 2.24) is 0 Å². The number of carbonyl (C=O) groups is 2. The largest absolute Gasteiger partial charge is 0.472 e. The summed E-state index contributed by atoms with van der Waals surface area (Å²) in [6, 6.07) is 0. The van der Waals surface area contributed by atoms with Crippen molar-refractivity contribution in [2.45, 2.75) is 161 Å². The number of aliphatic hydroxyl groups excluding tert-OH is 2. The highest BCUT2D eigenvalue weighted by atomic mass is 31.2. The Morgan fingerprint density at radius 1 is 0.636 bits per heavy atom. The summed E-state index contributed by atoms with van der Waals surface area (Å²) in [5.41, 5.74) is 5.32. The van der Waals surface area contributed by atoms with E-state index in [-0.39, 0.29) is 51.9 Å². The fraction of sp³-hybridized carbons (Fsp3) is 0.674. The lowest BCUT2D eigenvalue weighted by molar-refractivity contribution is -0.161. The smallest absolute Gasteiger partial charge is 0.462 e. The van der Waals surface area contributed by atoms with Crippen LogP contribution in [0.2, 0.25) is 0 Å². The highest BCUT2D eigenvalue weighted by Gasteiger charge is 2.26. The van der Waals surface area contributed by atoms with Gasteiger partial charge in [0.15, 0.2) is 6.10 Å². The fourth-order valence-corrected chi connectivity index (χ4v) is 5.87. The van der Waals surface area contributed by atoms with E-state index < -0.39 is 44.7 Å². The minimum Gasteiger partial charge on any atom is -0.462 e. The van der Waals surface area contributed by atoms with Gasteiger partial charge >= 0.3 is 19.8 Å². The SMILES string of the molecule is CC/C=C\C/C=C\C/C=C\C/C=C\C[C@@H](O)[C@H](O)CCCC(=O)O[C@H](COC(=O)CCCCCCC/C=C\C/C=C\CCCCC)COP(=O)(O)OCCN. The number of aliphatic hydroxyl groups is 2. The molecule has 0 aliphatic rings. The average molecular weight is 796 g/mol. The van der Waals surface area contributed by atoms with E-state index in [1.807, 2.05) is 18.2 Å². The monoisotopic (exact) mass is 796 g/mol. The number of nitrogens with two attached hydrogens (primary N) is 1. The molecule has 0 spiro atoms. The molecule has 12 heteroatoms. The number of ether oxygens (including phenoxy) is 2. The molecule has 0 bridgehead atoms. The van der Waals surface area contributed by atoms with Crippen LogP contribution in [0, 0.1) is 0 Å². The van der Waals surface area contributed by atoms with E-state index in [2.05, 4.69) is 68.5 Å². The fourth-order valence-electron chi connectivity index (χ4n) is 5.10. The van der Waals surface area contributed by atoms with Crippen molar-refractivity contribution in [2.75, 3.05) is 26.4 Å². The summed E-state index contributed by atoms with van der Waals surface area (Å²) in [5.74, 6) is -1.14. The summed E-state index contributed by atoms with van der Waals surface area (Å²) in [7, 11) is -4.46. The second-order valence-corrected chi connectivity index (χ2v) is 14.9. The Kier molecular flexibility index (Phi) is 36.4. The molecule has 0 aliphatic heterocycles. The van der Waals surface area contributed by atoms with Crippen molar-refractivity contribution >= 4 is 19.8 Å². The zero-order valence-electron chi connectivity index (χ0n) is 33.9. The Bertz CT molecular complexity index is 1170. The van der Waals surface area contributed by atoms with E-state index in [0.717, 1.165) is 70.6 Å². The highest BCUT2D eigenvalue weighted by Crippen LogP contribution is 2.43. The Hall–Kier alpha value is -2.63. The van der Waals surface area contributed by atoms with E-state index in [1.165, 1.54) is 19.3 Å². The van der Waals surface area contributed by atoms with E-state index >= 15 is 0 Å². The van der Waals surface area contributed by atoms with Crippen molar-refractivity contribution in [3.63, 3.8) is 0 Å². The van der Waals surface area contributed by atoms with Gasteiger partial charge in [0.25, 0.3) is 0 Å². The van der Waals surface area contributed by atoms with Crippen LogP contribution < -0.4 is 5.73 Å². The third kappa shape index (κ3) is 36.7. The van der Waals surface area contributed by atoms with Crippen LogP contribution >= 0.6 is 7.82 Å². The van der Waals surface area contributed by atoms with E-state index in [4.69, 9.17) is 24.3 Å². The van der Waals surface area contributed by atoms with Crippen LogP contribution in [0.25, 0.3) is 0 Å². The number of unbranched alkanes of at least 4 members (excludes halogenated alkanes) is 8. The van der Waals surface area contributed by atoms with Crippen LogP contribution in [-0.4, -0.2) is 71.7 Å². The topological polar surface area (TPSA) is 175 Å². The standard InChI is InChI=1S/C43H74NO10P/c1-3-5-7-9-11-13-15-17-18-19-21-23-25-27-29-33-42(47)51-37-39(38-53-55(49,50)52-36-35-44)54-43(48)34-30-32-41(46)40(45)31-28-26-24-22-20-16-14-12-10-8-6-4-2/h6,8,11-14,17-18,20,22,26,28,39-41,45-46H,3-5,7,9-10,15-16,19,21,23-25,27,29-38,44H2,1-2H3,(H,49,50)/b8-6-,13-11-,14-12-,18-17-,22-20-,28-26-/t39-,40-,41-/m1/s1. The predicted molar refractivity (Wildman–Crippen MR) is 222 cm³/mol. The third-order valence-corrected chi connectivity index (χ3v) is 9.26. The maximum atomic E-state index is 12.6. The van der Waals surface area contributed by atoms with Crippen molar-refractivity contribution in [1.29, 1.82) is 0 Å². The molecule has 0 saturated carbocycles. The van der Waals surface area contributed by atoms with E-state index in [9.17, 15) is 29.3 Å². The first kappa shape index (κ1) is 52.4. The van der Waals surface area contributed by atoms with Crippen molar-refractivity contribution in [3.8, 4) is 0 Å². The Labute approximate surface area is 332 Å². The average Bonchev–Trinajstić information content (AvgIpc) is 3.16. The first-order valence-corrected chi connectivity index (χ1v) is 22.1. The normalized spacial score (nSPS) is 15.2. The van der Waals surface area contributed by atoms with Gasteiger partial charge in [0.1, 0.15) is 6.61 Å². The molecule has 316 valence electrons. The van der Waals surface area contributed by atoms with Crippen LogP contribution in [0.4, 0.5) is 0 Å². The van der Waals surface area contributed by atoms with Gasteiger partial charge in [0.2, 0.25) is 0 Å². The molecule has 0 aromatic carbocycles. The van der Waals surface area contributed by atoms with Crippen molar-refractivity contribution < 1.29 is 47.8 Å². The second kappa shape index (κ2) is 38.3. The molecule has 5 N–H and O–H groups in total. The molecular formula is C43H74NO10P. The molecule has 0 radical (unpaired) electrons. The van der Waals surface area contributed by atoms with Gasteiger partial charge in [-0.2, -0.15) is 0 Å². The number of allylic oxidation sites excluding steroid dienone is 11. The van der Waals surface area contributed by atoms with Gasteiger partial charge in [0, 0.05) is 19.4 Å². The summed E-state index contributed by atoms with van der Waals surface area (Å²) in [4.78, 5) is 34.9. The van der Waals surface area contributed by atoms with E-state index in [0.29, 0.717) is 6.42 Å². The number of hydrogen-bond donors (Lipinski definition) is 4. The summed E-state index contributed by atoms with van der Waals surface area (Å²) >= 11 is 0. The van der Waals surface area contributed by atoms with Crippen LogP contribution in [0.3, 0.4) is 0 Å². The number of phosphoric ester groups is 1. The zero-order chi connectivity index (χ0) is 40.7. The minimum absolute atomic E-state index is 0.00208. The lowest BCUT2D eigenvalue weighted by atomic mass is 10.0. The molecule has 4 atom stereocenters. The molecule has 0 aromatic heterocycles. The zero-order valence-corrected chi connectivity index (χ0v) is 34.7. The van der Waals surface area contributed by atoms with Gasteiger partial charge in [0.05, 0.1) is 25.4 Å². The molecule has 0 aromatic rings. The molecule has 1 unspecified atom stereocenters. The van der Waals surface area contributed by atoms with Gasteiger partial charge in [-0.3, -0.25) is 18.6 Å². The highest BCUT2D eigenvalue weighted by molar-refractivity contribution is 7.47. The van der Waals surface area contributed by atoms with E-state index in [1.54, 1.807) is 0 Å². The van der Waals surface area contributed by atoms with Gasteiger partial charge < -0.3 is 30.3 Å². The molecule has 55 heavy (non-hydrogen) atoms. The number of rotatable bonds is 37. The Balaban J connectivity index is 4.49. The van der Waals surface area contributed by atoms with Crippen LogP contribution in [-0.2, 0) is 32.7 Å². The molecule has 0 amide bonds. The number of carbonyl (C=O) groups excluding carboxylic acids is 2. The maximum Gasteiger partial charge on any atom is 0.472 e. The summed E-state index contributed by atoms with van der Waals surface area (Å²) in [5, 5.41) is 20.7. The Morgan fingerprint density at radius 2 is 1.18 bits per heavy atom. The van der Waals surface area contributed by atoms with Crippen molar-refractivity contribution in [3.05, 3.63) is 72.9 Å². The number of esters is 2. The van der Waals surface area contributed by atoms with Gasteiger partial charge in [-0.05, 0) is 83.5 Å². The maximum absolute atomic E-state index is 12.6. The summed E-state index contributed by atoms with van der Waals surface area (Å²) in [6.07, 6.45) is 38.2. The summed E-state index contributed by atoms with van der Waals surface area (Å²) in [6.45, 7) is 3.20. The van der Waals surface area contributed by atoms with Crippen LogP contribution in [0.1, 0.15) is 142 Å². The minimum atomic E-state index is -4.46. The summed E-state index contributed by atoms with van der Waals surface area (Å²) < 4.78 is 32.5. The first-order valence-electron chi connectivity index (χ1n) is 20.6. The van der Waals surface area contributed by atoms with Gasteiger partial charge in [-0.1, -0.05) is 119 Å². The molecule has 0 saturated heterocycles. The number of phosphoric acid groups is 1. The second-order valence-electron chi connectivity index (χ2n) is 13.4. The lowest BCUT2D eigenvalue weighted by Crippen LogP contribution is -2.30. The predicted octanol–water partition coefficient (Wildman–Crippen LogP) is 9.43. The first-order chi connectivity index (χ1) is 26.6. The Morgan fingerprint density at radius 3 is 1.80 bits per heavy atom. The molecule has 0 aliphatic carbocycles. The van der Waals surface area contributed by atoms with Crippen molar-refractivity contribution in [2.24, 2.45) is 5.73 Å². The lowest BCUT2D eigenvalue weighted by Gasteiger charge is -2.20. The molecular weight excluding hydrogens is 721 g/mol. The third-order valence-electron chi connectivity index (χ3n) is 8.28. The van der Waals surface area contributed by atoms with Gasteiger partial charge in [-0.15, -0.1) is 0 Å². The molecule has 11 nitrogen and oxygen atoms in total. The molecule has 0 rings (SSSR count). The molecule has 0 fully saturated rings. The quantitative estimate of drug-likeness (QED) is 0.0204.